The van der Waals surface area contributed by atoms with Crippen LogP contribution in [0.2, 0.25) is 0 Å². The van der Waals surface area contributed by atoms with E-state index in [-0.39, 0.29) is 0 Å². The number of nitrogens with zero attached hydrogens (tertiary/aromatic N) is 2. The van der Waals surface area contributed by atoms with E-state index in [0.29, 0.717) is 22.7 Å². The van der Waals surface area contributed by atoms with Crippen molar-refractivity contribution in [3.8, 4) is 0 Å². The van der Waals surface area contributed by atoms with E-state index in [1.54, 1.807) is 0 Å². The Kier molecular flexibility index (Phi) is 2.32. The van der Waals surface area contributed by atoms with Crippen LogP contribution in [0.5, 0.6) is 0 Å². The van der Waals surface area contributed by atoms with Crippen molar-refractivity contribution in [2.45, 2.75) is 41.2 Å². The molecule has 0 saturated heterocycles. The highest BCUT2D eigenvalue weighted by atomic mass is 15.2. The van der Waals surface area contributed by atoms with Crippen molar-refractivity contribution in [3.05, 3.63) is 23.8 Å². The molecule has 1 saturated carbocycles. The average Bonchev–Trinajstić information content (AvgIpc) is 2.59. The first kappa shape index (κ1) is 12.5. The zero-order chi connectivity index (χ0) is 14.0. The summed E-state index contributed by atoms with van der Waals surface area (Å²) < 4.78 is 2.18. The Balaban J connectivity index is 2.04. The molecule has 1 aromatic carbocycles. The number of aryl methyl sites for hydroxylation is 1. The van der Waals surface area contributed by atoms with Gasteiger partial charge in [-0.1, -0.05) is 39.8 Å². The summed E-state index contributed by atoms with van der Waals surface area (Å²) >= 11 is 0. The first-order valence-electron chi connectivity index (χ1n) is 6.98. The Bertz CT molecular complexity index is 635. The molecule has 0 radical (unpaired) electrons. The van der Waals surface area contributed by atoms with Gasteiger partial charge in [0.05, 0.1) is 11.0 Å². The van der Waals surface area contributed by atoms with Gasteiger partial charge in [-0.2, -0.15) is 0 Å². The molecular formula is C16H23N3. The number of aromatic nitrogens is 2. The summed E-state index contributed by atoms with van der Waals surface area (Å²) in [7, 11) is 0. The Morgan fingerprint density at radius 3 is 2.42 bits per heavy atom. The van der Waals surface area contributed by atoms with Gasteiger partial charge in [-0.25, -0.2) is 4.98 Å². The van der Waals surface area contributed by atoms with Gasteiger partial charge in [0.1, 0.15) is 0 Å². The largest absolute Gasteiger partial charge is 0.369 e. The van der Waals surface area contributed by atoms with Crippen LogP contribution in [0.15, 0.2) is 18.2 Å². The normalized spacial score (nSPS) is 20.9. The number of hydrogen-bond donors (Lipinski definition) is 1. The number of benzene rings is 1. The Labute approximate surface area is 114 Å². The fourth-order valence-corrected chi connectivity index (χ4v) is 3.47. The van der Waals surface area contributed by atoms with Crippen molar-refractivity contribution in [2.24, 2.45) is 16.7 Å². The molecule has 19 heavy (non-hydrogen) atoms. The van der Waals surface area contributed by atoms with E-state index in [1.165, 1.54) is 5.56 Å². The van der Waals surface area contributed by atoms with Crippen molar-refractivity contribution in [2.75, 3.05) is 5.73 Å². The summed E-state index contributed by atoms with van der Waals surface area (Å²) in [6.07, 6.45) is 0. The van der Waals surface area contributed by atoms with Gasteiger partial charge in [0.2, 0.25) is 5.95 Å². The topological polar surface area (TPSA) is 43.8 Å². The molecule has 3 nitrogen and oxygen atoms in total. The number of nitrogens with two attached hydrogens (primary N) is 1. The van der Waals surface area contributed by atoms with Gasteiger partial charge in [-0.15, -0.1) is 0 Å². The fourth-order valence-electron chi connectivity index (χ4n) is 3.47. The minimum absolute atomic E-state index is 0.375. The minimum Gasteiger partial charge on any atom is -0.369 e. The first-order chi connectivity index (χ1) is 8.76. The van der Waals surface area contributed by atoms with Crippen LogP contribution in [0.3, 0.4) is 0 Å². The van der Waals surface area contributed by atoms with Crippen molar-refractivity contribution in [3.63, 3.8) is 0 Å². The van der Waals surface area contributed by atoms with Gasteiger partial charge in [0.25, 0.3) is 0 Å². The standard InChI is InChI=1S/C16H23N3/c1-10-7-6-8-11-13(10)18-14(17)19(11)9-12-15(2,3)16(12,4)5/h6-8,12H,9H2,1-5H3,(H2,17,18). The van der Waals surface area contributed by atoms with Crippen LogP contribution in [-0.2, 0) is 6.54 Å². The number of fused-ring (bicyclic) bond motifs is 1. The minimum atomic E-state index is 0.375. The van der Waals surface area contributed by atoms with E-state index in [2.05, 4.69) is 62.4 Å². The van der Waals surface area contributed by atoms with E-state index in [0.717, 1.165) is 17.6 Å². The molecule has 0 bridgehead atoms. The molecule has 3 rings (SSSR count). The third kappa shape index (κ3) is 1.54. The predicted molar refractivity (Wildman–Crippen MR) is 79.9 cm³/mol. The summed E-state index contributed by atoms with van der Waals surface area (Å²) in [5.74, 6) is 1.29. The molecule has 1 aliphatic carbocycles. The maximum atomic E-state index is 6.13. The third-order valence-corrected chi connectivity index (χ3v) is 5.69. The summed E-state index contributed by atoms with van der Waals surface area (Å²) in [4.78, 5) is 4.53. The monoisotopic (exact) mass is 257 g/mol. The molecule has 1 aromatic heterocycles. The van der Waals surface area contributed by atoms with Gasteiger partial charge >= 0.3 is 0 Å². The van der Waals surface area contributed by atoms with Gasteiger partial charge in [-0.05, 0) is 35.3 Å². The Morgan fingerprint density at radius 2 is 1.84 bits per heavy atom. The van der Waals surface area contributed by atoms with Crippen LogP contribution in [0.4, 0.5) is 5.95 Å². The zero-order valence-corrected chi connectivity index (χ0v) is 12.5. The molecule has 1 aliphatic rings. The van der Waals surface area contributed by atoms with Crippen LogP contribution in [0.25, 0.3) is 11.0 Å². The van der Waals surface area contributed by atoms with Crippen molar-refractivity contribution < 1.29 is 0 Å². The zero-order valence-electron chi connectivity index (χ0n) is 12.5. The Morgan fingerprint density at radius 1 is 1.21 bits per heavy atom. The van der Waals surface area contributed by atoms with E-state index in [1.807, 2.05) is 0 Å². The van der Waals surface area contributed by atoms with E-state index < -0.39 is 0 Å². The molecular weight excluding hydrogens is 234 g/mol. The molecule has 1 fully saturated rings. The number of hydrogen-bond acceptors (Lipinski definition) is 2. The summed E-state index contributed by atoms with van der Waals surface area (Å²) in [6, 6.07) is 6.29. The highest BCUT2D eigenvalue weighted by molar-refractivity contribution is 5.81. The molecule has 0 unspecified atom stereocenters. The van der Waals surface area contributed by atoms with Crippen LogP contribution in [0.1, 0.15) is 33.3 Å². The molecule has 0 aliphatic heterocycles. The van der Waals surface area contributed by atoms with Crippen molar-refractivity contribution in [1.82, 2.24) is 9.55 Å². The van der Waals surface area contributed by atoms with Crippen LogP contribution < -0.4 is 5.73 Å². The lowest BCUT2D eigenvalue weighted by atomic mass is 10.0. The lowest BCUT2D eigenvalue weighted by Gasteiger charge is -2.08. The van der Waals surface area contributed by atoms with E-state index in [9.17, 15) is 0 Å². The number of imidazole rings is 1. The molecule has 2 N–H and O–H groups in total. The SMILES string of the molecule is Cc1cccc2c1nc(N)n2CC1C(C)(C)C1(C)C. The number of nitrogen functional groups attached to an aromatic ring is 1. The van der Waals surface area contributed by atoms with Gasteiger partial charge in [0.15, 0.2) is 0 Å². The van der Waals surface area contributed by atoms with E-state index >= 15 is 0 Å². The molecule has 0 spiro atoms. The summed E-state index contributed by atoms with van der Waals surface area (Å²) in [5.41, 5.74) is 10.3. The molecule has 0 amide bonds. The second-order valence-electron chi connectivity index (χ2n) is 7.02. The highest BCUT2D eigenvalue weighted by Gasteiger charge is 2.64. The molecule has 102 valence electrons. The lowest BCUT2D eigenvalue weighted by molar-refractivity contribution is 0.457. The molecule has 1 heterocycles. The smallest absolute Gasteiger partial charge is 0.201 e. The van der Waals surface area contributed by atoms with Crippen LogP contribution >= 0.6 is 0 Å². The second-order valence-corrected chi connectivity index (χ2v) is 7.02. The number of anilines is 1. The second kappa shape index (κ2) is 3.53. The van der Waals surface area contributed by atoms with E-state index in [4.69, 9.17) is 5.73 Å². The maximum absolute atomic E-state index is 6.13. The van der Waals surface area contributed by atoms with Gasteiger partial charge < -0.3 is 10.3 Å². The highest BCUT2D eigenvalue weighted by Crippen LogP contribution is 2.69. The molecule has 0 atom stereocenters. The molecule has 3 heteroatoms. The van der Waals surface area contributed by atoms with Gasteiger partial charge in [-0.3, -0.25) is 0 Å². The predicted octanol–water partition coefficient (Wildman–Crippen LogP) is 3.61. The Hall–Kier alpha value is -1.51. The van der Waals surface area contributed by atoms with Gasteiger partial charge in [0, 0.05) is 6.54 Å². The average molecular weight is 257 g/mol. The van der Waals surface area contributed by atoms with Crippen LogP contribution in [0, 0.1) is 23.7 Å². The number of rotatable bonds is 2. The van der Waals surface area contributed by atoms with Crippen molar-refractivity contribution in [1.29, 1.82) is 0 Å². The maximum Gasteiger partial charge on any atom is 0.201 e. The van der Waals surface area contributed by atoms with Crippen molar-refractivity contribution >= 4 is 17.0 Å². The summed E-state index contributed by atoms with van der Waals surface area (Å²) in [6.45, 7) is 12.4. The molecule has 2 aromatic rings. The fraction of sp³-hybridized carbons (Fsp3) is 0.562. The quantitative estimate of drug-likeness (QED) is 0.893. The lowest BCUT2D eigenvalue weighted by Crippen LogP contribution is -2.08. The third-order valence-electron chi connectivity index (χ3n) is 5.69. The van der Waals surface area contributed by atoms with Crippen LogP contribution in [-0.4, -0.2) is 9.55 Å². The first-order valence-corrected chi connectivity index (χ1v) is 6.98. The number of para-hydroxylation sites is 1. The summed E-state index contributed by atoms with van der Waals surface area (Å²) in [5, 5.41) is 0.